The minimum atomic E-state index is -3.70. The van der Waals surface area contributed by atoms with E-state index in [0.717, 1.165) is 24.6 Å². The lowest BCUT2D eigenvalue weighted by Crippen LogP contribution is -2.33. The molecule has 1 aromatic rings. The smallest absolute Gasteiger partial charge is 0.293 e. The highest BCUT2D eigenvalue weighted by Crippen LogP contribution is 2.33. The molecule has 0 atom stereocenters. The zero-order valence-corrected chi connectivity index (χ0v) is 14.9. The number of sulfonamides is 1. The van der Waals surface area contributed by atoms with Gasteiger partial charge in [0.05, 0.1) is 9.82 Å². The Hall–Kier alpha value is -1.32. The fourth-order valence-corrected chi connectivity index (χ4v) is 4.98. The molecule has 0 unspecified atom stereocenters. The molecule has 0 radical (unpaired) electrons. The molecule has 0 aliphatic carbocycles. The Morgan fingerprint density at radius 1 is 1.26 bits per heavy atom. The third-order valence-corrected chi connectivity index (χ3v) is 6.83. The second kappa shape index (κ2) is 7.50. The van der Waals surface area contributed by atoms with E-state index >= 15 is 0 Å². The summed E-state index contributed by atoms with van der Waals surface area (Å²) in [6.07, 6.45) is 0. The van der Waals surface area contributed by atoms with Gasteiger partial charge in [-0.3, -0.25) is 10.1 Å². The van der Waals surface area contributed by atoms with E-state index in [4.69, 9.17) is 0 Å². The van der Waals surface area contributed by atoms with Gasteiger partial charge in [0.2, 0.25) is 10.0 Å². The zero-order valence-electron chi connectivity index (χ0n) is 13.3. The summed E-state index contributed by atoms with van der Waals surface area (Å²) in [5, 5.41) is 11.4. The van der Waals surface area contributed by atoms with E-state index < -0.39 is 14.9 Å². The minimum absolute atomic E-state index is 0.0250. The van der Waals surface area contributed by atoms with Crippen molar-refractivity contribution in [1.82, 2.24) is 4.31 Å². The van der Waals surface area contributed by atoms with E-state index in [0.29, 0.717) is 18.8 Å². The van der Waals surface area contributed by atoms with Crippen LogP contribution in [0.4, 0.5) is 11.4 Å². The van der Waals surface area contributed by atoms with Crippen LogP contribution in [0.25, 0.3) is 0 Å². The number of nitro benzene ring substituents is 1. The largest absolute Gasteiger partial charge is 0.364 e. The molecule has 1 aromatic carbocycles. The molecule has 9 heteroatoms. The monoisotopic (exact) mass is 359 g/mol. The van der Waals surface area contributed by atoms with Crippen molar-refractivity contribution in [2.24, 2.45) is 0 Å². The maximum Gasteiger partial charge on any atom is 0.293 e. The normalized spacial score (nSPS) is 15.9. The SMILES string of the molecule is CCN(CC)S(=O)(=O)c1ccc(N2CCSCC2)c([N+](=O)[O-])c1. The van der Waals surface area contributed by atoms with Crippen LogP contribution >= 0.6 is 11.8 Å². The molecule has 1 heterocycles. The van der Waals surface area contributed by atoms with Crippen LogP contribution in [0, 0.1) is 10.1 Å². The van der Waals surface area contributed by atoms with Gasteiger partial charge in [0.1, 0.15) is 5.69 Å². The van der Waals surface area contributed by atoms with Crippen molar-refractivity contribution in [2.75, 3.05) is 42.6 Å². The van der Waals surface area contributed by atoms with E-state index in [1.165, 1.54) is 16.4 Å². The van der Waals surface area contributed by atoms with Crippen LogP contribution in [0.3, 0.4) is 0 Å². The Balaban J connectivity index is 2.45. The number of rotatable bonds is 6. The molecule has 128 valence electrons. The molecule has 1 fully saturated rings. The summed E-state index contributed by atoms with van der Waals surface area (Å²) < 4.78 is 26.4. The summed E-state index contributed by atoms with van der Waals surface area (Å²) >= 11 is 1.81. The summed E-state index contributed by atoms with van der Waals surface area (Å²) in [5.41, 5.74) is 0.346. The lowest BCUT2D eigenvalue weighted by molar-refractivity contribution is -0.384. The van der Waals surface area contributed by atoms with Crippen LogP contribution in [-0.2, 0) is 10.0 Å². The lowest BCUT2D eigenvalue weighted by Gasteiger charge is -2.28. The highest BCUT2D eigenvalue weighted by Gasteiger charge is 2.27. The van der Waals surface area contributed by atoms with Crippen LogP contribution < -0.4 is 4.90 Å². The molecule has 23 heavy (non-hydrogen) atoms. The standard InChI is InChI=1S/C14H21N3O4S2/c1-3-16(4-2)23(20,21)12-5-6-13(14(11-12)17(18)19)15-7-9-22-10-8-15/h5-6,11H,3-4,7-10H2,1-2H3. The molecule has 1 aliphatic rings. The van der Waals surface area contributed by atoms with Crippen LogP contribution in [0.5, 0.6) is 0 Å². The first-order valence-corrected chi connectivity index (χ1v) is 10.1. The molecule has 1 saturated heterocycles. The fourth-order valence-electron chi connectivity index (χ4n) is 2.59. The predicted octanol–water partition coefficient (Wildman–Crippen LogP) is 2.18. The Morgan fingerprint density at radius 2 is 1.87 bits per heavy atom. The average Bonchev–Trinajstić information content (AvgIpc) is 2.56. The Kier molecular flexibility index (Phi) is 5.88. The number of nitro groups is 1. The first kappa shape index (κ1) is 18.0. The summed E-state index contributed by atoms with van der Waals surface area (Å²) in [6.45, 7) is 5.61. The van der Waals surface area contributed by atoms with Gasteiger partial charge in [0, 0.05) is 43.8 Å². The molecule has 0 saturated carbocycles. The van der Waals surface area contributed by atoms with Crippen molar-refractivity contribution in [1.29, 1.82) is 0 Å². The van der Waals surface area contributed by atoms with Gasteiger partial charge in [-0.25, -0.2) is 8.42 Å². The summed E-state index contributed by atoms with van der Waals surface area (Å²) in [4.78, 5) is 12.8. The quantitative estimate of drug-likeness (QED) is 0.572. The van der Waals surface area contributed by atoms with Gasteiger partial charge in [-0.1, -0.05) is 13.8 Å². The van der Waals surface area contributed by atoms with Crippen molar-refractivity contribution in [3.63, 3.8) is 0 Å². The van der Waals surface area contributed by atoms with E-state index in [2.05, 4.69) is 0 Å². The van der Waals surface area contributed by atoms with Gasteiger partial charge in [-0.15, -0.1) is 0 Å². The van der Waals surface area contributed by atoms with Crippen LogP contribution in [0.1, 0.15) is 13.8 Å². The Morgan fingerprint density at radius 3 is 2.39 bits per heavy atom. The molecule has 0 N–H and O–H groups in total. The van der Waals surface area contributed by atoms with E-state index in [-0.39, 0.29) is 10.6 Å². The second-order valence-electron chi connectivity index (χ2n) is 5.10. The third kappa shape index (κ3) is 3.78. The molecule has 7 nitrogen and oxygen atoms in total. The van der Waals surface area contributed by atoms with Gasteiger partial charge in [-0.05, 0) is 12.1 Å². The van der Waals surface area contributed by atoms with Gasteiger partial charge < -0.3 is 4.90 Å². The number of hydrogen-bond acceptors (Lipinski definition) is 6. The fraction of sp³-hybridized carbons (Fsp3) is 0.571. The topological polar surface area (TPSA) is 83.8 Å². The van der Waals surface area contributed by atoms with Crippen molar-refractivity contribution in [3.05, 3.63) is 28.3 Å². The van der Waals surface area contributed by atoms with Crippen molar-refractivity contribution in [3.8, 4) is 0 Å². The molecule has 0 aromatic heterocycles. The van der Waals surface area contributed by atoms with Crippen molar-refractivity contribution < 1.29 is 13.3 Å². The van der Waals surface area contributed by atoms with Crippen LogP contribution in [0.2, 0.25) is 0 Å². The Labute approximate surface area is 140 Å². The highest BCUT2D eigenvalue weighted by atomic mass is 32.2. The summed E-state index contributed by atoms with van der Waals surface area (Å²) in [7, 11) is -3.70. The third-order valence-electron chi connectivity index (χ3n) is 3.84. The van der Waals surface area contributed by atoms with E-state index in [9.17, 15) is 18.5 Å². The molecule has 0 amide bonds. The van der Waals surface area contributed by atoms with E-state index in [1.807, 2.05) is 16.7 Å². The first-order chi connectivity index (χ1) is 10.9. The predicted molar refractivity (Wildman–Crippen MR) is 92.7 cm³/mol. The van der Waals surface area contributed by atoms with Crippen molar-refractivity contribution in [2.45, 2.75) is 18.7 Å². The Bertz CT molecular complexity index is 669. The maximum absolute atomic E-state index is 12.5. The number of anilines is 1. The number of hydrogen-bond donors (Lipinski definition) is 0. The second-order valence-corrected chi connectivity index (χ2v) is 8.26. The maximum atomic E-state index is 12.5. The van der Waals surface area contributed by atoms with Gasteiger partial charge >= 0.3 is 0 Å². The van der Waals surface area contributed by atoms with Gasteiger partial charge in [-0.2, -0.15) is 16.1 Å². The number of nitrogens with zero attached hydrogens (tertiary/aromatic N) is 3. The van der Waals surface area contributed by atoms with Crippen LogP contribution in [-0.4, -0.2) is 55.3 Å². The van der Waals surface area contributed by atoms with E-state index in [1.54, 1.807) is 19.9 Å². The molecule has 0 bridgehead atoms. The number of benzene rings is 1. The molecule has 0 spiro atoms. The average molecular weight is 359 g/mol. The van der Waals surface area contributed by atoms with Gasteiger partial charge in [0.15, 0.2) is 0 Å². The summed E-state index contributed by atoms with van der Waals surface area (Å²) in [6, 6.07) is 4.22. The number of thioether (sulfide) groups is 1. The molecular formula is C14H21N3O4S2. The molecule has 1 aliphatic heterocycles. The minimum Gasteiger partial charge on any atom is -0.364 e. The zero-order chi connectivity index (χ0) is 17.0. The molecular weight excluding hydrogens is 338 g/mol. The summed E-state index contributed by atoms with van der Waals surface area (Å²) in [5.74, 6) is 1.83. The first-order valence-electron chi connectivity index (χ1n) is 7.53. The van der Waals surface area contributed by atoms with Gasteiger partial charge in [0.25, 0.3) is 5.69 Å². The highest BCUT2D eigenvalue weighted by molar-refractivity contribution is 7.99. The van der Waals surface area contributed by atoms with Crippen molar-refractivity contribution >= 4 is 33.2 Å². The lowest BCUT2D eigenvalue weighted by atomic mass is 10.2. The van der Waals surface area contributed by atoms with Crippen LogP contribution in [0.15, 0.2) is 23.1 Å². The molecule has 2 rings (SSSR count).